The van der Waals surface area contributed by atoms with E-state index < -0.39 is 0 Å². The molecule has 0 aromatic carbocycles. The van der Waals surface area contributed by atoms with E-state index >= 15 is 0 Å². The van der Waals surface area contributed by atoms with Gasteiger partial charge in [-0.2, -0.15) is 0 Å². The van der Waals surface area contributed by atoms with Gasteiger partial charge in [0.2, 0.25) is 0 Å². The first-order valence-corrected chi connectivity index (χ1v) is 0.901. The van der Waals surface area contributed by atoms with Crippen molar-refractivity contribution in [1.29, 1.82) is 0 Å². The van der Waals surface area contributed by atoms with Crippen LogP contribution in [0.15, 0.2) is 0 Å². The van der Waals surface area contributed by atoms with E-state index in [9.17, 15) is 0 Å². The van der Waals surface area contributed by atoms with Crippen LogP contribution in [-0.2, 0) is 12.6 Å². The summed E-state index contributed by atoms with van der Waals surface area (Å²) >= 11 is 3.92. The maximum Gasteiger partial charge on any atom is 1.00 e. The third-order valence-electron chi connectivity index (χ3n) is 0. The van der Waals surface area contributed by atoms with Crippen LogP contribution in [0.4, 0.5) is 0 Å². The zero-order valence-corrected chi connectivity index (χ0v) is 5.30. The molecule has 0 rings (SSSR count). The molecule has 2 heteroatoms. The molecule has 0 heterocycles. The predicted molar refractivity (Wildman–Crippen MR) is 16.2 cm³/mol. The summed E-state index contributed by atoms with van der Waals surface area (Å²) in [4.78, 5) is 0. The molecule has 0 N–H and O–H groups in total. The van der Waals surface area contributed by atoms with Crippen molar-refractivity contribution < 1.29 is 29.6 Å². The van der Waals surface area contributed by atoms with Crippen molar-refractivity contribution in [2.24, 2.45) is 0 Å². The predicted octanol–water partition coefficient (Wildman–Crippen LogP) is -2.87. The van der Waals surface area contributed by atoms with Crippen LogP contribution in [0.3, 0.4) is 0 Å². The van der Waals surface area contributed by atoms with E-state index in [1.54, 1.807) is 0 Å². The molecule has 0 aliphatic heterocycles. The molecule has 0 aromatic rings. The van der Waals surface area contributed by atoms with E-state index in [1.807, 2.05) is 5.25 Å². The molecule has 0 bridgehead atoms. The van der Waals surface area contributed by atoms with Gasteiger partial charge in [-0.05, 0) is 0 Å². The van der Waals surface area contributed by atoms with Crippen LogP contribution in [-0.4, -0.2) is 0 Å². The zero-order valence-electron chi connectivity index (χ0n) is 2.49. The van der Waals surface area contributed by atoms with E-state index in [0.29, 0.717) is 0 Å². The van der Waals surface area contributed by atoms with Crippen molar-refractivity contribution in [3.63, 3.8) is 0 Å². The second-order valence-corrected chi connectivity index (χ2v) is 0.354. The number of rotatable bonds is 0. The summed E-state index contributed by atoms with van der Waals surface area (Å²) in [5, 5.41) is 1.83. The Kier molecular flexibility index (Phi) is 20.4. The molecule has 0 saturated carbocycles. The molecule has 0 saturated heterocycles. The molecular formula is C2HNaS. The third-order valence-corrected chi connectivity index (χ3v) is 0. The Labute approximate surface area is 53.7 Å². The van der Waals surface area contributed by atoms with Gasteiger partial charge in [-0.1, -0.05) is 0 Å². The van der Waals surface area contributed by atoms with Crippen LogP contribution in [0.25, 0.3) is 0 Å². The van der Waals surface area contributed by atoms with Crippen molar-refractivity contribution in [2.45, 2.75) is 0 Å². The second-order valence-electron chi connectivity index (χ2n) is 0.118. The average Bonchev–Trinajstić information content (AvgIpc) is 0.918. The fourth-order valence-corrected chi connectivity index (χ4v) is 0. The minimum absolute atomic E-state index is 0. The molecule has 0 unspecified atom stereocenters. The van der Waals surface area contributed by atoms with Gasteiger partial charge in [0.05, 0.1) is 0 Å². The quantitative estimate of drug-likeness (QED) is 0.171. The van der Waals surface area contributed by atoms with E-state index in [0.717, 1.165) is 0 Å². The van der Waals surface area contributed by atoms with E-state index in [1.165, 1.54) is 0 Å². The van der Waals surface area contributed by atoms with Crippen LogP contribution in [0, 0.1) is 11.7 Å². The van der Waals surface area contributed by atoms with Gasteiger partial charge in [-0.3, -0.25) is 5.25 Å². The van der Waals surface area contributed by atoms with E-state index in [4.69, 9.17) is 0 Å². The van der Waals surface area contributed by atoms with Gasteiger partial charge >= 0.3 is 29.6 Å². The second kappa shape index (κ2) is 9.22. The van der Waals surface area contributed by atoms with Crippen molar-refractivity contribution in [3.8, 4) is 11.7 Å². The largest absolute Gasteiger partial charge is 1.00 e. The normalized spacial score (nSPS) is 1.75. The molecule has 16 valence electrons. The Bertz CT molecular complexity index is 27.5. The van der Waals surface area contributed by atoms with Crippen LogP contribution < -0.4 is 29.6 Å². The first kappa shape index (κ1) is 8.84. The molecule has 0 aliphatic carbocycles. The van der Waals surface area contributed by atoms with Crippen molar-refractivity contribution in [3.05, 3.63) is 0 Å². The SMILES string of the molecule is C#C[S-].[Na+]. The van der Waals surface area contributed by atoms with Crippen LogP contribution >= 0.6 is 0 Å². The smallest absolute Gasteiger partial charge is 0.725 e. The molecule has 0 spiro atoms. The molecule has 0 atom stereocenters. The van der Waals surface area contributed by atoms with Crippen LogP contribution in [0.1, 0.15) is 0 Å². The summed E-state index contributed by atoms with van der Waals surface area (Å²) in [5.74, 6) is 0. The minimum Gasteiger partial charge on any atom is -0.725 e. The Morgan fingerprint density at radius 3 is 1.75 bits per heavy atom. The summed E-state index contributed by atoms with van der Waals surface area (Å²) in [6, 6.07) is 0. The summed E-state index contributed by atoms with van der Waals surface area (Å²) in [6.07, 6.45) is 4.41. The molecule has 0 nitrogen and oxygen atoms in total. The summed E-state index contributed by atoms with van der Waals surface area (Å²) in [5.41, 5.74) is 0. The molecule has 0 fully saturated rings. The summed E-state index contributed by atoms with van der Waals surface area (Å²) in [7, 11) is 0. The van der Waals surface area contributed by atoms with Crippen LogP contribution in [0.5, 0.6) is 0 Å². The van der Waals surface area contributed by atoms with Gasteiger partial charge in [0.15, 0.2) is 0 Å². The number of hydrogen-bond acceptors (Lipinski definition) is 1. The maximum atomic E-state index is 4.41. The van der Waals surface area contributed by atoms with Gasteiger partial charge in [-0.25, -0.2) is 0 Å². The first-order valence-electron chi connectivity index (χ1n) is 0.493. The minimum atomic E-state index is 0. The van der Waals surface area contributed by atoms with Crippen molar-refractivity contribution in [2.75, 3.05) is 0 Å². The molecule has 0 radical (unpaired) electrons. The van der Waals surface area contributed by atoms with Gasteiger partial charge < -0.3 is 12.6 Å². The molecule has 4 heavy (non-hydrogen) atoms. The summed E-state index contributed by atoms with van der Waals surface area (Å²) < 4.78 is 0. The molecule has 0 aliphatic rings. The third kappa shape index (κ3) is 14.5. The maximum absolute atomic E-state index is 4.41. The zero-order chi connectivity index (χ0) is 2.71. The Balaban J connectivity index is 0. The van der Waals surface area contributed by atoms with E-state index in [2.05, 4.69) is 19.1 Å². The van der Waals surface area contributed by atoms with E-state index in [-0.39, 0.29) is 29.6 Å². The van der Waals surface area contributed by atoms with Crippen molar-refractivity contribution in [1.82, 2.24) is 0 Å². The van der Waals surface area contributed by atoms with Gasteiger partial charge in [0.25, 0.3) is 0 Å². The molecule has 0 amide bonds. The monoisotopic (exact) mass is 80.0 g/mol. The number of hydrogen-bond donors (Lipinski definition) is 0. The molecule has 0 aromatic heterocycles. The Morgan fingerprint density at radius 2 is 1.75 bits per heavy atom. The average molecular weight is 80.1 g/mol. The van der Waals surface area contributed by atoms with Crippen molar-refractivity contribution >= 4 is 12.6 Å². The Morgan fingerprint density at radius 1 is 1.75 bits per heavy atom. The fraction of sp³-hybridized carbons (Fsp3) is 0. The fourth-order valence-electron chi connectivity index (χ4n) is 0. The standard InChI is InChI=1S/C2H2S.Na/c1-2-3;/h1,3H;/q;+1/p-1. The topological polar surface area (TPSA) is 0 Å². The number of terminal acetylenes is 1. The van der Waals surface area contributed by atoms with Gasteiger partial charge in [0.1, 0.15) is 0 Å². The Hall–Kier alpha value is 0.780. The van der Waals surface area contributed by atoms with Crippen LogP contribution in [0.2, 0.25) is 0 Å². The van der Waals surface area contributed by atoms with Gasteiger partial charge in [-0.15, -0.1) is 6.42 Å². The summed E-state index contributed by atoms with van der Waals surface area (Å²) in [6.45, 7) is 0. The first-order chi connectivity index (χ1) is 1.41. The molecular weight excluding hydrogens is 79.1 g/mol. The van der Waals surface area contributed by atoms with Gasteiger partial charge in [0, 0.05) is 0 Å².